The number of aromatic nitrogens is 5. The summed E-state index contributed by atoms with van der Waals surface area (Å²) in [5.74, 6) is -0.131. The molecule has 0 saturated heterocycles. The Bertz CT molecular complexity index is 1670. The van der Waals surface area contributed by atoms with E-state index in [2.05, 4.69) is 25.5 Å². The van der Waals surface area contributed by atoms with Crippen LogP contribution in [0.1, 0.15) is 48.3 Å². The summed E-state index contributed by atoms with van der Waals surface area (Å²) in [4.78, 5) is 36.5. The molecule has 4 aromatic rings. The molecule has 3 N–H and O–H groups in total. The fourth-order valence-corrected chi connectivity index (χ4v) is 4.76. The number of carbonyl (C=O) groups is 2. The van der Waals surface area contributed by atoms with Crippen LogP contribution in [0.4, 0.5) is 13.6 Å². The highest BCUT2D eigenvalue weighted by Gasteiger charge is 2.32. The van der Waals surface area contributed by atoms with Crippen molar-refractivity contribution in [3.8, 4) is 22.5 Å². The SMILES string of the molecule is CCN=C(N)N(C(=O)c1ccc(-c2cnn(C(F)F)c2)cc1)[C@H](COC(=O)NC1CC1)c1ccc(Cl)c(-c2ncnn2C)c1. The Kier molecular flexibility index (Phi) is 9.18. The van der Waals surface area contributed by atoms with E-state index in [0.29, 0.717) is 37.8 Å². The predicted octanol–water partition coefficient (Wildman–Crippen LogP) is 4.80. The zero-order valence-corrected chi connectivity index (χ0v) is 24.7. The molecule has 0 radical (unpaired) electrons. The van der Waals surface area contributed by atoms with Gasteiger partial charge in [0.15, 0.2) is 11.8 Å². The number of alkyl halides is 2. The zero-order valence-electron chi connectivity index (χ0n) is 23.9. The number of aryl methyl sites for hydroxylation is 1. The van der Waals surface area contributed by atoms with Crippen LogP contribution in [0.25, 0.3) is 22.5 Å². The molecular formula is C29H30ClF2N9O3. The molecule has 0 bridgehead atoms. The predicted molar refractivity (Wildman–Crippen MR) is 159 cm³/mol. The molecular weight excluding hydrogens is 596 g/mol. The second-order valence-corrected chi connectivity index (χ2v) is 10.5. The Morgan fingerprint density at radius 3 is 2.55 bits per heavy atom. The number of ether oxygens (including phenoxy) is 1. The van der Waals surface area contributed by atoms with Gasteiger partial charge in [0.25, 0.3) is 5.91 Å². The van der Waals surface area contributed by atoms with E-state index in [1.54, 1.807) is 61.1 Å². The third-order valence-corrected chi connectivity index (χ3v) is 7.29. The lowest BCUT2D eigenvalue weighted by Crippen LogP contribution is -2.46. The first kappa shape index (κ1) is 30.6. The van der Waals surface area contributed by atoms with Crippen LogP contribution in [0.3, 0.4) is 0 Å². The number of benzene rings is 2. The number of nitrogens with zero attached hydrogens (tertiary/aromatic N) is 7. The second-order valence-electron chi connectivity index (χ2n) is 10.1. The molecule has 2 aromatic carbocycles. The number of guanidine groups is 1. The van der Waals surface area contributed by atoms with Crippen molar-refractivity contribution in [1.82, 2.24) is 34.8 Å². The van der Waals surface area contributed by atoms with Gasteiger partial charge in [0.2, 0.25) is 0 Å². The summed E-state index contributed by atoms with van der Waals surface area (Å²) >= 11 is 6.54. The van der Waals surface area contributed by atoms with Crippen LogP contribution < -0.4 is 11.1 Å². The molecule has 0 aliphatic heterocycles. The van der Waals surface area contributed by atoms with Crippen molar-refractivity contribution in [2.75, 3.05) is 13.2 Å². The highest BCUT2D eigenvalue weighted by atomic mass is 35.5. The quantitative estimate of drug-likeness (QED) is 0.190. The van der Waals surface area contributed by atoms with Gasteiger partial charge in [0.05, 0.1) is 17.3 Å². The molecule has 0 spiro atoms. The second kappa shape index (κ2) is 13.2. The Balaban J connectivity index is 1.52. The molecule has 1 saturated carbocycles. The van der Waals surface area contributed by atoms with E-state index < -0.39 is 24.6 Å². The van der Waals surface area contributed by atoms with Crippen LogP contribution in [0.15, 0.2) is 66.2 Å². The smallest absolute Gasteiger partial charge is 0.407 e. The number of amides is 2. The lowest BCUT2D eigenvalue weighted by Gasteiger charge is -2.31. The minimum absolute atomic E-state index is 0.0646. The molecule has 1 aliphatic carbocycles. The monoisotopic (exact) mass is 625 g/mol. The normalized spacial score (nSPS) is 14.0. The number of rotatable bonds is 10. The van der Waals surface area contributed by atoms with Gasteiger partial charge in [-0.3, -0.25) is 14.7 Å². The maximum absolute atomic E-state index is 14.1. The van der Waals surface area contributed by atoms with E-state index in [0.717, 1.165) is 12.8 Å². The van der Waals surface area contributed by atoms with Crippen LogP contribution in [-0.4, -0.2) is 66.6 Å². The molecule has 5 rings (SSSR count). The highest BCUT2D eigenvalue weighted by Crippen LogP contribution is 2.33. The average molecular weight is 626 g/mol. The Labute approximate surface area is 256 Å². The number of aliphatic imine (C=N–C) groups is 1. The van der Waals surface area contributed by atoms with Crippen LogP contribution in [-0.2, 0) is 11.8 Å². The van der Waals surface area contributed by atoms with E-state index in [4.69, 9.17) is 22.1 Å². The van der Waals surface area contributed by atoms with Gasteiger partial charge in [-0.15, -0.1) is 0 Å². The Morgan fingerprint density at radius 1 is 1.18 bits per heavy atom. The van der Waals surface area contributed by atoms with Crippen molar-refractivity contribution in [1.29, 1.82) is 0 Å². The first-order valence-corrected chi connectivity index (χ1v) is 14.2. The number of nitrogens with two attached hydrogens (primary N) is 1. The molecule has 2 amide bonds. The minimum atomic E-state index is -2.77. The third kappa shape index (κ3) is 6.86. The summed E-state index contributed by atoms with van der Waals surface area (Å²) in [6, 6.07) is 10.6. The number of carbonyl (C=O) groups excluding carboxylic acids is 2. The first-order chi connectivity index (χ1) is 21.2. The number of nitrogens with one attached hydrogen (secondary N) is 1. The molecule has 1 atom stereocenters. The average Bonchev–Trinajstić information content (AvgIpc) is 3.48. The fourth-order valence-electron chi connectivity index (χ4n) is 4.55. The lowest BCUT2D eigenvalue weighted by molar-refractivity contribution is 0.0566. The number of hydrogen-bond acceptors (Lipinski definition) is 7. The fraction of sp³-hybridized carbons (Fsp3) is 0.310. The lowest BCUT2D eigenvalue weighted by atomic mass is 10.0. The van der Waals surface area contributed by atoms with Crippen LogP contribution in [0.5, 0.6) is 0 Å². The highest BCUT2D eigenvalue weighted by molar-refractivity contribution is 6.33. The summed E-state index contributed by atoms with van der Waals surface area (Å²) < 4.78 is 33.7. The molecule has 1 fully saturated rings. The van der Waals surface area contributed by atoms with Gasteiger partial charge in [-0.25, -0.2) is 19.1 Å². The number of halogens is 3. The van der Waals surface area contributed by atoms with Gasteiger partial charge in [-0.2, -0.15) is 19.0 Å². The Morgan fingerprint density at radius 2 is 1.93 bits per heavy atom. The maximum atomic E-state index is 14.1. The molecule has 12 nitrogen and oxygen atoms in total. The van der Waals surface area contributed by atoms with Crippen molar-refractivity contribution >= 4 is 29.6 Å². The van der Waals surface area contributed by atoms with Crippen molar-refractivity contribution in [3.63, 3.8) is 0 Å². The first-order valence-electron chi connectivity index (χ1n) is 13.8. The third-order valence-electron chi connectivity index (χ3n) is 6.96. The van der Waals surface area contributed by atoms with Gasteiger partial charge in [0.1, 0.15) is 12.9 Å². The zero-order chi connectivity index (χ0) is 31.4. The maximum Gasteiger partial charge on any atom is 0.407 e. The standard InChI is InChI=1S/C29H30ClF2N9O3/c1-3-34-28(33)41(26(42)18-6-4-17(5-7-18)20-13-36-40(14-20)27(31)32)24(15-44-29(43)38-21-9-10-21)19-8-11-23(30)22(12-19)25-35-16-37-39(25)2/h4-8,11-14,16,21,24,27H,3,9-10,15H2,1-2H3,(H2,33,34)(H,38,43)/t24-/m1/s1. The van der Waals surface area contributed by atoms with Gasteiger partial charge in [-0.1, -0.05) is 29.8 Å². The molecule has 2 aromatic heterocycles. The van der Waals surface area contributed by atoms with Gasteiger partial charge in [0, 0.05) is 42.5 Å². The summed E-state index contributed by atoms with van der Waals surface area (Å²) in [6.07, 6.45) is 5.05. The molecule has 0 unspecified atom stereocenters. The molecule has 2 heterocycles. The van der Waals surface area contributed by atoms with E-state index in [1.807, 2.05) is 0 Å². The van der Waals surface area contributed by atoms with Gasteiger partial charge < -0.3 is 15.8 Å². The summed E-state index contributed by atoms with van der Waals surface area (Å²) in [5.41, 5.74) is 8.77. The molecule has 44 heavy (non-hydrogen) atoms. The number of hydrogen-bond donors (Lipinski definition) is 2. The van der Waals surface area contributed by atoms with Crippen molar-refractivity contribution in [2.24, 2.45) is 17.8 Å². The largest absolute Gasteiger partial charge is 0.447 e. The molecule has 230 valence electrons. The molecule has 1 aliphatic rings. The van der Waals surface area contributed by atoms with Gasteiger partial charge >= 0.3 is 12.6 Å². The number of alkyl carbamates (subject to hydrolysis) is 1. The van der Waals surface area contributed by atoms with E-state index in [9.17, 15) is 18.4 Å². The van der Waals surface area contributed by atoms with Crippen molar-refractivity contribution in [2.45, 2.75) is 38.4 Å². The van der Waals surface area contributed by atoms with Crippen LogP contribution in [0.2, 0.25) is 5.02 Å². The van der Waals surface area contributed by atoms with E-state index in [1.165, 1.54) is 23.6 Å². The summed E-state index contributed by atoms with van der Waals surface area (Å²) in [7, 11) is 1.72. The minimum Gasteiger partial charge on any atom is -0.447 e. The van der Waals surface area contributed by atoms with Gasteiger partial charge in [-0.05, 0) is 55.2 Å². The van der Waals surface area contributed by atoms with Crippen LogP contribution in [0, 0.1) is 0 Å². The van der Waals surface area contributed by atoms with Crippen molar-refractivity contribution < 1.29 is 23.1 Å². The summed E-state index contributed by atoms with van der Waals surface area (Å²) in [6.45, 7) is -0.975. The topological polar surface area (TPSA) is 146 Å². The Hall–Kier alpha value is -4.85. The van der Waals surface area contributed by atoms with Crippen LogP contribution >= 0.6 is 11.6 Å². The van der Waals surface area contributed by atoms with Crippen molar-refractivity contribution in [3.05, 3.63) is 77.3 Å². The van der Waals surface area contributed by atoms with E-state index in [-0.39, 0.29) is 30.7 Å². The molecule has 15 heteroatoms. The van der Waals surface area contributed by atoms with E-state index >= 15 is 0 Å². The summed E-state index contributed by atoms with van der Waals surface area (Å²) in [5, 5.41) is 11.0.